The Hall–Kier alpha value is -2.31. The normalized spacial score (nSPS) is 12.2. The summed E-state index contributed by atoms with van der Waals surface area (Å²) in [7, 11) is 0. The van der Waals surface area contributed by atoms with Gasteiger partial charge in [0.25, 0.3) is 11.8 Å². The highest BCUT2D eigenvalue weighted by Crippen LogP contribution is 2.16. The van der Waals surface area contributed by atoms with Gasteiger partial charge >= 0.3 is 0 Å². The summed E-state index contributed by atoms with van der Waals surface area (Å²) in [4.78, 5) is 26.0. The van der Waals surface area contributed by atoms with Crippen LogP contribution in [0.4, 0.5) is 0 Å². The van der Waals surface area contributed by atoms with Gasteiger partial charge in [-0.1, -0.05) is 49.7 Å². The molecule has 1 unspecified atom stereocenters. The molecule has 0 fully saturated rings. The fourth-order valence-electron chi connectivity index (χ4n) is 2.33. The van der Waals surface area contributed by atoms with Gasteiger partial charge in [-0.2, -0.15) is 5.10 Å². The Labute approximate surface area is 168 Å². The van der Waals surface area contributed by atoms with Crippen LogP contribution in [-0.4, -0.2) is 30.3 Å². The number of nitrogens with one attached hydrogen (secondary N) is 2. The monoisotopic (exact) mass is 403 g/mol. The highest BCUT2D eigenvalue weighted by Gasteiger charge is 2.25. The number of halogens is 1. The van der Waals surface area contributed by atoms with Gasteiger partial charge in [0.05, 0.1) is 16.8 Å². The first kappa shape index (κ1) is 21.0. The lowest BCUT2D eigenvalue weighted by atomic mass is 10.0. The van der Waals surface area contributed by atoms with Crippen molar-refractivity contribution in [3.05, 3.63) is 64.7 Å². The van der Waals surface area contributed by atoms with E-state index >= 15 is 0 Å². The number of thioether (sulfide) groups is 1. The zero-order valence-corrected chi connectivity index (χ0v) is 17.0. The van der Waals surface area contributed by atoms with Crippen LogP contribution >= 0.6 is 23.4 Å². The van der Waals surface area contributed by atoms with Crippen LogP contribution < -0.4 is 10.7 Å². The third-order valence-electron chi connectivity index (χ3n) is 3.86. The van der Waals surface area contributed by atoms with E-state index in [0.717, 1.165) is 10.5 Å². The fourth-order valence-corrected chi connectivity index (χ4v) is 2.96. The predicted molar refractivity (Wildman–Crippen MR) is 112 cm³/mol. The number of hydrazone groups is 1. The summed E-state index contributed by atoms with van der Waals surface area (Å²) < 4.78 is 0. The maximum atomic E-state index is 12.5. The van der Waals surface area contributed by atoms with Crippen molar-refractivity contribution in [3.8, 4) is 0 Å². The molecule has 1 atom stereocenters. The lowest BCUT2D eigenvalue weighted by molar-refractivity contribution is -0.123. The van der Waals surface area contributed by atoms with Crippen LogP contribution in [0.15, 0.2) is 58.5 Å². The molecule has 142 valence electrons. The number of rotatable bonds is 7. The molecule has 0 aromatic heterocycles. The van der Waals surface area contributed by atoms with E-state index in [2.05, 4.69) is 15.8 Å². The average Bonchev–Trinajstić information content (AvgIpc) is 2.66. The van der Waals surface area contributed by atoms with Gasteiger partial charge in [-0.05, 0) is 42.0 Å². The molecular weight excluding hydrogens is 382 g/mol. The molecule has 5 nitrogen and oxygen atoms in total. The Bertz CT molecular complexity index is 822. The van der Waals surface area contributed by atoms with Crippen LogP contribution in [0.1, 0.15) is 29.8 Å². The highest BCUT2D eigenvalue weighted by atomic mass is 35.5. The second kappa shape index (κ2) is 10.1. The summed E-state index contributed by atoms with van der Waals surface area (Å²) in [6.07, 6.45) is 3.57. The van der Waals surface area contributed by atoms with Crippen molar-refractivity contribution in [2.75, 3.05) is 6.26 Å². The van der Waals surface area contributed by atoms with Gasteiger partial charge in [0.2, 0.25) is 0 Å². The molecule has 0 heterocycles. The number of hydrogen-bond donors (Lipinski definition) is 2. The zero-order chi connectivity index (χ0) is 19.8. The van der Waals surface area contributed by atoms with Crippen molar-refractivity contribution in [1.82, 2.24) is 10.7 Å². The first-order chi connectivity index (χ1) is 12.9. The summed E-state index contributed by atoms with van der Waals surface area (Å²) in [5.41, 5.74) is 3.69. The number of amides is 2. The van der Waals surface area contributed by atoms with Gasteiger partial charge in [0.1, 0.15) is 6.04 Å². The van der Waals surface area contributed by atoms with E-state index in [1.54, 1.807) is 42.2 Å². The molecule has 2 rings (SSSR count). The van der Waals surface area contributed by atoms with Crippen molar-refractivity contribution in [3.63, 3.8) is 0 Å². The van der Waals surface area contributed by atoms with E-state index in [9.17, 15) is 9.59 Å². The lowest BCUT2D eigenvalue weighted by Crippen LogP contribution is -2.48. The van der Waals surface area contributed by atoms with Crippen LogP contribution in [0.25, 0.3) is 0 Å². The minimum absolute atomic E-state index is 0.118. The Morgan fingerprint density at radius 2 is 1.78 bits per heavy atom. The fraction of sp³-hybridized carbons (Fsp3) is 0.250. The first-order valence-corrected chi connectivity index (χ1v) is 10.0. The van der Waals surface area contributed by atoms with Crippen molar-refractivity contribution < 1.29 is 9.59 Å². The number of hydrogen-bond acceptors (Lipinski definition) is 4. The van der Waals surface area contributed by atoms with Crippen LogP contribution in [-0.2, 0) is 4.79 Å². The largest absolute Gasteiger partial charge is 0.340 e. The molecule has 2 amide bonds. The first-order valence-electron chi connectivity index (χ1n) is 8.44. The molecule has 0 aliphatic rings. The molecule has 0 radical (unpaired) electrons. The predicted octanol–water partition coefficient (Wildman–Crippen LogP) is 3.97. The van der Waals surface area contributed by atoms with E-state index < -0.39 is 11.9 Å². The third kappa shape index (κ3) is 6.12. The molecule has 7 heteroatoms. The second-order valence-corrected chi connectivity index (χ2v) is 7.47. The Morgan fingerprint density at radius 3 is 2.37 bits per heavy atom. The van der Waals surface area contributed by atoms with E-state index in [-0.39, 0.29) is 11.8 Å². The quantitative estimate of drug-likeness (QED) is 0.417. The van der Waals surface area contributed by atoms with Gasteiger partial charge in [-0.25, -0.2) is 5.43 Å². The van der Waals surface area contributed by atoms with Crippen LogP contribution in [0.3, 0.4) is 0 Å². The van der Waals surface area contributed by atoms with Gasteiger partial charge < -0.3 is 5.32 Å². The number of benzene rings is 2. The van der Waals surface area contributed by atoms with Crippen LogP contribution in [0, 0.1) is 5.92 Å². The van der Waals surface area contributed by atoms with Gasteiger partial charge in [-0.15, -0.1) is 11.8 Å². The molecule has 0 spiro atoms. The SMILES string of the molecule is CSc1ccc(C=NNC(=O)C(NC(=O)c2ccccc2Cl)C(C)C)cc1. The number of nitrogens with zero attached hydrogens (tertiary/aromatic N) is 1. The average molecular weight is 404 g/mol. The standard InChI is InChI=1S/C20H22ClN3O2S/c1-13(2)18(23-19(25)16-6-4-5-7-17(16)21)20(26)24-22-12-14-8-10-15(27-3)11-9-14/h4-13,18H,1-3H3,(H,23,25)(H,24,26). The molecular formula is C20H22ClN3O2S. The molecule has 0 bridgehead atoms. The molecule has 0 saturated heterocycles. The minimum Gasteiger partial charge on any atom is -0.340 e. The molecule has 2 N–H and O–H groups in total. The molecule has 0 saturated carbocycles. The summed E-state index contributed by atoms with van der Waals surface area (Å²) in [6, 6.07) is 13.8. The van der Waals surface area contributed by atoms with Crippen molar-refractivity contribution in [2.45, 2.75) is 24.8 Å². The number of carbonyl (C=O) groups is 2. The molecule has 0 aliphatic carbocycles. The smallest absolute Gasteiger partial charge is 0.262 e. The second-order valence-electron chi connectivity index (χ2n) is 6.18. The van der Waals surface area contributed by atoms with Crippen molar-refractivity contribution in [1.29, 1.82) is 0 Å². The summed E-state index contributed by atoms with van der Waals surface area (Å²) >= 11 is 7.70. The third-order valence-corrected chi connectivity index (χ3v) is 4.93. The summed E-state index contributed by atoms with van der Waals surface area (Å²) in [5.74, 6) is -0.902. The Morgan fingerprint density at radius 1 is 1.11 bits per heavy atom. The van der Waals surface area contributed by atoms with Crippen molar-refractivity contribution >= 4 is 41.4 Å². The molecule has 0 aliphatic heterocycles. The zero-order valence-electron chi connectivity index (χ0n) is 15.4. The minimum atomic E-state index is -0.732. The molecule has 2 aromatic carbocycles. The van der Waals surface area contributed by atoms with E-state index in [0.29, 0.717) is 10.6 Å². The lowest BCUT2D eigenvalue weighted by Gasteiger charge is -2.20. The van der Waals surface area contributed by atoms with Gasteiger partial charge in [-0.3, -0.25) is 9.59 Å². The van der Waals surface area contributed by atoms with E-state index in [1.807, 2.05) is 44.4 Å². The van der Waals surface area contributed by atoms with Crippen LogP contribution in [0.2, 0.25) is 5.02 Å². The van der Waals surface area contributed by atoms with E-state index in [4.69, 9.17) is 11.6 Å². The maximum Gasteiger partial charge on any atom is 0.262 e. The topological polar surface area (TPSA) is 70.6 Å². The Kier molecular flexibility index (Phi) is 7.88. The summed E-state index contributed by atoms with van der Waals surface area (Å²) in [6.45, 7) is 3.70. The Balaban J connectivity index is 2.00. The highest BCUT2D eigenvalue weighted by molar-refractivity contribution is 7.98. The maximum absolute atomic E-state index is 12.5. The van der Waals surface area contributed by atoms with Gasteiger partial charge in [0.15, 0.2) is 0 Å². The van der Waals surface area contributed by atoms with Crippen molar-refractivity contribution in [2.24, 2.45) is 11.0 Å². The summed E-state index contributed by atoms with van der Waals surface area (Å²) in [5, 5.41) is 7.05. The van der Waals surface area contributed by atoms with E-state index in [1.165, 1.54) is 0 Å². The van der Waals surface area contributed by atoms with Gasteiger partial charge in [0, 0.05) is 4.90 Å². The molecule has 27 heavy (non-hydrogen) atoms. The molecule has 2 aromatic rings. The van der Waals surface area contributed by atoms with Crippen LogP contribution in [0.5, 0.6) is 0 Å². The number of carbonyl (C=O) groups excluding carboxylic acids is 2.